The minimum Gasteiger partial charge on any atom is -0.507 e. The first-order chi connectivity index (χ1) is 16.4. The number of ether oxygens (including phenoxy) is 3. The molecule has 0 aromatic heterocycles. The normalized spacial score (nSPS) is 20.0. The van der Waals surface area contributed by atoms with E-state index in [0.717, 1.165) is 13.1 Å². The number of hydrogen-bond donors (Lipinski definition) is 1. The number of methoxy groups -OCH3 is 2. The number of amides is 1. The van der Waals surface area contributed by atoms with Crippen molar-refractivity contribution in [3.05, 3.63) is 65.0 Å². The molecule has 4 rings (SSSR count). The summed E-state index contributed by atoms with van der Waals surface area (Å²) >= 11 is 0. The van der Waals surface area contributed by atoms with Crippen LogP contribution in [0.3, 0.4) is 0 Å². The predicted molar refractivity (Wildman–Crippen MR) is 129 cm³/mol. The van der Waals surface area contributed by atoms with Crippen LogP contribution in [-0.4, -0.2) is 80.2 Å². The van der Waals surface area contributed by atoms with E-state index < -0.39 is 23.5 Å². The van der Waals surface area contributed by atoms with E-state index in [1.165, 1.54) is 43.4 Å². The molecule has 1 N–H and O–H groups in total. The van der Waals surface area contributed by atoms with E-state index >= 15 is 0 Å². The lowest BCUT2D eigenvalue weighted by atomic mass is 9.94. The summed E-state index contributed by atoms with van der Waals surface area (Å²) in [7, 11) is 3.01. The molecule has 1 unspecified atom stereocenters. The summed E-state index contributed by atoms with van der Waals surface area (Å²) in [5.41, 5.74) is 0.709. The van der Waals surface area contributed by atoms with Crippen LogP contribution in [0.1, 0.15) is 24.6 Å². The molecule has 9 heteroatoms. The lowest BCUT2D eigenvalue weighted by Gasteiger charge is -2.31. The summed E-state index contributed by atoms with van der Waals surface area (Å²) in [5, 5.41) is 11.1. The van der Waals surface area contributed by atoms with Crippen molar-refractivity contribution in [2.75, 3.05) is 53.6 Å². The second-order valence-corrected chi connectivity index (χ2v) is 8.06. The minimum atomic E-state index is -0.882. The highest BCUT2D eigenvalue weighted by molar-refractivity contribution is 6.46. The van der Waals surface area contributed by atoms with Crippen molar-refractivity contribution in [1.29, 1.82) is 0 Å². The maximum atomic E-state index is 13.4. The Kier molecular flexibility index (Phi) is 8.48. The zero-order valence-corrected chi connectivity index (χ0v) is 19.1. The number of rotatable bonds is 7. The third kappa shape index (κ3) is 5.31. The second kappa shape index (κ2) is 11.3. The number of ketones is 1. The Hall–Kier alpha value is -3.43. The molecule has 35 heavy (non-hydrogen) atoms. The van der Waals surface area contributed by atoms with E-state index in [0.29, 0.717) is 36.8 Å². The topological polar surface area (TPSA) is 88.5 Å². The summed E-state index contributed by atoms with van der Waals surface area (Å²) in [6, 6.07) is 9.31. The molecular weight excluding hydrogens is 455 g/mol. The lowest BCUT2D eigenvalue weighted by Crippen LogP contribution is -2.42. The van der Waals surface area contributed by atoms with Gasteiger partial charge in [0.25, 0.3) is 11.7 Å². The number of morpholine rings is 1. The van der Waals surface area contributed by atoms with Crippen LogP contribution in [-0.2, 0) is 14.3 Å². The average Bonchev–Trinajstić information content (AvgIpc) is 3.12. The molecule has 0 radical (unpaired) electrons. The molecule has 2 aliphatic rings. The number of aliphatic hydroxyl groups excluding tert-OH is 1. The van der Waals surface area contributed by atoms with Crippen molar-refractivity contribution in [2.24, 2.45) is 0 Å². The van der Waals surface area contributed by atoms with Gasteiger partial charge < -0.3 is 24.2 Å². The van der Waals surface area contributed by atoms with Gasteiger partial charge in [0.2, 0.25) is 0 Å². The zero-order valence-electron chi connectivity index (χ0n) is 19.1. The molecular formula is C26H31FN2O6. The van der Waals surface area contributed by atoms with Gasteiger partial charge in [-0.15, -0.1) is 0 Å². The van der Waals surface area contributed by atoms with Crippen molar-refractivity contribution in [3.8, 4) is 11.5 Å². The molecule has 0 bridgehead atoms. The van der Waals surface area contributed by atoms with E-state index in [1.54, 1.807) is 18.2 Å². The van der Waals surface area contributed by atoms with Gasteiger partial charge in [-0.2, -0.15) is 0 Å². The summed E-state index contributed by atoms with van der Waals surface area (Å²) in [5.74, 6) is -1.39. The van der Waals surface area contributed by atoms with E-state index in [-0.39, 0.29) is 30.9 Å². The fraction of sp³-hybridized carbons (Fsp3) is 0.385. The third-order valence-corrected chi connectivity index (χ3v) is 6.15. The van der Waals surface area contributed by atoms with E-state index in [9.17, 15) is 19.1 Å². The average molecular weight is 487 g/mol. The first kappa shape index (κ1) is 26.2. The predicted octanol–water partition coefficient (Wildman–Crippen LogP) is 3.23. The van der Waals surface area contributed by atoms with Crippen molar-refractivity contribution in [3.63, 3.8) is 0 Å². The second-order valence-electron chi connectivity index (χ2n) is 8.06. The molecule has 2 aromatic carbocycles. The molecule has 188 valence electrons. The Balaban J connectivity index is 0.00000342. The summed E-state index contributed by atoms with van der Waals surface area (Å²) in [6.07, 6.45) is 0. The fourth-order valence-electron chi connectivity index (χ4n) is 4.32. The molecule has 2 heterocycles. The molecule has 8 nitrogen and oxygen atoms in total. The van der Waals surface area contributed by atoms with Crippen LogP contribution in [0.25, 0.3) is 5.76 Å². The molecule has 0 aliphatic carbocycles. The Bertz CT molecular complexity index is 1100. The number of benzene rings is 2. The van der Waals surface area contributed by atoms with E-state index in [1.807, 2.05) is 0 Å². The molecule has 2 aromatic rings. The number of nitrogens with zero attached hydrogens (tertiary/aromatic N) is 2. The number of halogens is 1. The number of carbonyl (C=O) groups is 2. The highest BCUT2D eigenvalue weighted by Crippen LogP contribution is 2.43. The fourth-order valence-corrected chi connectivity index (χ4v) is 4.32. The number of hydrogen-bond acceptors (Lipinski definition) is 7. The van der Waals surface area contributed by atoms with Gasteiger partial charge in [-0.3, -0.25) is 14.5 Å². The van der Waals surface area contributed by atoms with Crippen LogP contribution in [0, 0.1) is 5.82 Å². The Labute approximate surface area is 204 Å². The van der Waals surface area contributed by atoms with Crippen molar-refractivity contribution in [1.82, 2.24) is 9.80 Å². The third-order valence-electron chi connectivity index (χ3n) is 6.15. The van der Waals surface area contributed by atoms with Crippen LogP contribution in [0.5, 0.6) is 11.5 Å². The molecule has 1 atom stereocenters. The smallest absolute Gasteiger partial charge is 0.295 e. The Morgan fingerprint density at radius 1 is 1.06 bits per heavy atom. The summed E-state index contributed by atoms with van der Waals surface area (Å²) < 4.78 is 29.7. The van der Waals surface area contributed by atoms with Gasteiger partial charge in [0.1, 0.15) is 23.1 Å². The molecule has 2 fully saturated rings. The standard InChI is InChI=1S/C25H27FN2O6.CH4/c1-32-18-7-8-19(20(15-18)33-2)22-21(23(29)16-3-5-17(26)6-4-16)24(30)25(31)28(22)10-9-27-11-13-34-14-12-27;/h3-8,15,22,29H,9-14H2,1-2H3;1H4. The zero-order chi connectivity index (χ0) is 24.2. The van der Waals surface area contributed by atoms with Gasteiger partial charge in [0.15, 0.2) is 0 Å². The van der Waals surface area contributed by atoms with Crippen LogP contribution in [0.2, 0.25) is 0 Å². The number of carbonyl (C=O) groups excluding carboxylic acids is 2. The van der Waals surface area contributed by atoms with Crippen molar-refractivity contribution < 1.29 is 33.3 Å². The maximum absolute atomic E-state index is 13.4. The van der Waals surface area contributed by atoms with Crippen molar-refractivity contribution in [2.45, 2.75) is 13.5 Å². The van der Waals surface area contributed by atoms with Gasteiger partial charge in [-0.1, -0.05) is 7.43 Å². The minimum absolute atomic E-state index is 0. The molecule has 0 spiro atoms. The van der Waals surface area contributed by atoms with Crippen LogP contribution >= 0.6 is 0 Å². The first-order valence-corrected chi connectivity index (χ1v) is 11.0. The molecule has 2 aliphatic heterocycles. The number of aliphatic hydroxyl groups is 1. The largest absolute Gasteiger partial charge is 0.507 e. The monoisotopic (exact) mass is 486 g/mol. The summed E-state index contributed by atoms with van der Waals surface area (Å²) in [6.45, 7) is 3.50. The summed E-state index contributed by atoms with van der Waals surface area (Å²) in [4.78, 5) is 29.9. The first-order valence-electron chi connectivity index (χ1n) is 11.0. The van der Waals surface area contributed by atoms with Gasteiger partial charge in [-0.25, -0.2) is 4.39 Å². The molecule has 0 saturated carbocycles. The van der Waals surface area contributed by atoms with Gasteiger partial charge in [0, 0.05) is 43.4 Å². The Morgan fingerprint density at radius 2 is 1.74 bits per heavy atom. The van der Waals surface area contributed by atoms with Gasteiger partial charge in [0.05, 0.1) is 39.0 Å². The number of Topliss-reactive ketones (excluding diaryl/α,β-unsaturated/α-hetero) is 1. The van der Waals surface area contributed by atoms with E-state index in [2.05, 4.69) is 4.90 Å². The van der Waals surface area contributed by atoms with E-state index in [4.69, 9.17) is 14.2 Å². The van der Waals surface area contributed by atoms with Gasteiger partial charge >= 0.3 is 0 Å². The lowest BCUT2D eigenvalue weighted by molar-refractivity contribution is -0.140. The maximum Gasteiger partial charge on any atom is 0.295 e. The SMILES string of the molecule is C.COc1ccc(C2C(=C(O)c3ccc(F)cc3)C(=O)C(=O)N2CCN2CCOCC2)c(OC)c1. The molecule has 2 saturated heterocycles. The Morgan fingerprint density at radius 3 is 2.37 bits per heavy atom. The van der Waals surface area contributed by atoms with Crippen LogP contribution in [0.4, 0.5) is 4.39 Å². The van der Waals surface area contributed by atoms with Crippen LogP contribution < -0.4 is 9.47 Å². The van der Waals surface area contributed by atoms with Crippen LogP contribution in [0.15, 0.2) is 48.0 Å². The quantitative estimate of drug-likeness (QED) is 0.365. The highest BCUT2D eigenvalue weighted by atomic mass is 19.1. The highest BCUT2D eigenvalue weighted by Gasteiger charge is 2.47. The van der Waals surface area contributed by atoms with Crippen molar-refractivity contribution >= 4 is 17.4 Å². The number of likely N-dealkylation sites (tertiary alicyclic amines) is 1. The molecule has 1 amide bonds. The van der Waals surface area contributed by atoms with Gasteiger partial charge in [-0.05, 0) is 36.4 Å².